The number of aromatic nitrogens is 1. The molecule has 0 aliphatic heterocycles. The molecule has 1 aromatic rings. The SMILES string of the molecule is CCCCN(C)S(=O)(=O)Nc1cc(Cl)ccn1. The fourth-order valence-electron chi connectivity index (χ4n) is 1.17. The number of unbranched alkanes of at least 4 members (excludes halogenated alkanes) is 1. The lowest BCUT2D eigenvalue weighted by molar-refractivity contribution is 0.463. The summed E-state index contributed by atoms with van der Waals surface area (Å²) in [6.07, 6.45) is 3.21. The van der Waals surface area contributed by atoms with Gasteiger partial charge in [0.05, 0.1) is 0 Å². The van der Waals surface area contributed by atoms with E-state index in [9.17, 15) is 8.42 Å². The number of anilines is 1. The van der Waals surface area contributed by atoms with Crippen molar-refractivity contribution < 1.29 is 8.42 Å². The molecule has 17 heavy (non-hydrogen) atoms. The summed E-state index contributed by atoms with van der Waals surface area (Å²) in [5, 5.41) is 0.439. The second-order valence-corrected chi connectivity index (χ2v) is 5.86. The van der Waals surface area contributed by atoms with Gasteiger partial charge < -0.3 is 0 Å². The largest absolute Gasteiger partial charge is 0.302 e. The van der Waals surface area contributed by atoms with E-state index in [4.69, 9.17) is 11.6 Å². The summed E-state index contributed by atoms with van der Waals surface area (Å²) >= 11 is 5.75. The van der Waals surface area contributed by atoms with Crippen molar-refractivity contribution in [2.24, 2.45) is 0 Å². The van der Waals surface area contributed by atoms with Crippen molar-refractivity contribution in [2.75, 3.05) is 18.3 Å². The van der Waals surface area contributed by atoms with Crippen molar-refractivity contribution in [3.05, 3.63) is 23.4 Å². The van der Waals surface area contributed by atoms with Gasteiger partial charge in [-0.25, -0.2) is 4.98 Å². The third-order valence-electron chi connectivity index (χ3n) is 2.19. The quantitative estimate of drug-likeness (QED) is 0.866. The first-order chi connectivity index (χ1) is 7.95. The fourth-order valence-corrected chi connectivity index (χ4v) is 2.23. The second kappa shape index (κ2) is 6.18. The van der Waals surface area contributed by atoms with Crippen LogP contribution in [0.25, 0.3) is 0 Å². The minimum absolute atomic E-state index is 0.223. The lowest BCUT2D eigenvalue weighted by Crippen LogP contribution is -2.33. The lowest BCUT2D eigenvalue weighted by Gasteiger charge is -2.17. The summed E-state index contributed by atoms with van der Waals surface area (Å²) in [6, 6.07) is 3.05. The van der Waals surface area contributed by atoms with Gasteiger partial charge in [-0.15, -0.1) is 0 Å². The highest BCUT2D eigenvalue weighted by Crippen LogP contribution is 2.14. The summed E-state index contributed by atoms with van der Waals surface area (Å²) in [7, 11) is -2.01. The summed E-state index contributed by atoms with van der Waals surface area (Å²) < 4.78 is 27.3. The van der Waals surface area contributed by atoms with Crippen molar-refractivity contribution >= 4 is 27.6 Å². The number of rotatable bonds is 6. The molecule has 0 atom stereocenters. The van der Waals surface area contributed by atoms with Gasteiger partial charge in [-0.05, 0) is 12.5 Å². The molecule has 5 nitrogen and oxygen atoms in total. The van der Waals surface area contributed by atoms with E-state index in [0.29, 0.717) is 11.6 Å². The minimum Gasteiger partial charge on any atom is -0.254 e. The summed E-state index contributed by atoms with van der Waals surface area (Å²) in [5.41, 5.74) is 0. The van der Waals surface area contributed by atoms with Gasteiger partial charge in [0.2, 0.25) is 0 Å². The van der Waals surface area contributed by atoms with Gasteiger partial charge in [0, 0.05) is 30.9 Å². The molecule has 0 amide bonds. The molecule has 0 bridgehead atoms. The van der Waals surface area contributed by atoms with Gasteiger partial charge in [0.1, 0.15) is 5.82 Å². The molecular formula is C10H16ClN3O2S. The van der Waals surface area contributed by atoms with Crippen LogP contribution in [0.3, 0.4) is 0 Å². The molecule has 1 N–H and O–H groups in total. The zero-order chi connectivity index (χ0) is 12.9. The number of halogens is 1. The highest BCUT2D eigenvalue weighted by Gasteiger charge is 2.17. The smallest absolute Gasteiger partial charge is 0.254 e. The van der Waals surface area contributed by atoms with Crippen molar-refractivity contribution in [3.63, 3.8) is 0 Å². The Balaban J connectivity index is 2.72. The van der Waals surface area contributed by atoms with Crippen LogP contribution in [0.1, 0.15) is 19.8 Å². The first-order valence-electron chi connectivity index (χ1n) is 5.31. The number of nitrogens with zero attached hydrogens (tertiary/aromatic N) is 2. The molecule has 0 aromatic carbocycles. The van der Waals surface area contributed by atoms with Crippen molar-refractivity contribution in [1.29, 1.82) is 0 Å². The van der Waals surface area contributed by atoms with Gasteiger partial charge in [0.15, 0.2) is 0 Å². The molecule has 0 spiro atoms. The topological polar surface area (TPSA) is 62.3 Å². The van der Waals surface area contributed by atoms with E-state index < -0.39 is 10.2 Å². The first-order valence-corrected chi connectivity index (χ1v) is 7.13. The molecule has 0 unspecified atom stereocenters. The number of hydrogen-bond donors (Lipinski definition) is 1. The Morgan fingerprint density at radius 2 is 2.24 bits per heavy atom. The van der Waals surface area contributed by atoms with E-state index in [0.717, 1.165) is 12.8 Å². The average Bonchev–Trinajstić information content (AvgIpc) is 2.25. The zero-order valence-electron chi connectivity index (χ0n) is 9.85. The summed E-state index contributed by atoms with van der Waals surface area (Å²) in [6.45, 7) is 2.48. The summed E-state index contributed by atoms with van der Waals surface area (Å²) in [5.74, 6) is 0.223. The van der Waals surface area contributed by atoms with Crippen LogP contribution in [0.4, 0.5) is 5.82 Å². The maximum Gasteiger partial charge on any atom is 0.302 e. The van der Waals surface area contributed by atoms with Crippen LogP contribution in [0, 0.1) is 0 Å². The van der Waals surface area contributed by atoms with Gasteiger partial charge >= 0.3 is 10.2 Å². The molecule has 0 saturated heterocycles. The van der Waals surface area contributed by atoms with Crippen LogP contribution in [-0.2, 0) is 10.2 Å². The van der Waals surface area contributed by atoms with Crippen molar-refractivity contribution in [1.82, 2.24) is 9.29 Å². The Labute approximate surface area is 107 Å². The van der Waals surface area contributed by atoms with Crippen LogP contribution in [0.5, 0.6) is 0 Å². The zero-order valence-corrected chi connectivity index (χ0v) is 11.4. The lowest BCUT2D eigenvalue weighted by atomic mass is 10.3. The Morgan fingerprint density at radius 3 is 2.82 bits per heavy atom. The van der Waals surface area contributed by atoms with E-state index in [2.05, 4.69) is 9.71 Å². The third kappa shape index (κ3) is 4.49. The normalized spacial score (nSPS) is 11.8. The fraction of sp³-hybridized carbons (Fsp3) is 0.500. The highest BCUT2D eigenvalue weighted by atomic mass is 35.5. The standard InChI is InChI=1S/C10H16ClN3O2S/c1-3-4-7-14(2)17(15,16)13-10-8-9(11)5-6-12-10/h5-6,8H,3-4,7H2,1-2H3,(H,12,13). The number of nitrogens with one attached hydrogen (secondary N) is 1. The number of hydrogen-bond acceptors (Lipinski definition) is 3. The molecular weight excluding hydrogens is 262 g/mol. The molecule has 0 radical (unpaired) electrons. The first kappa shape index (κ1) is 14.2. The predicted molar refractivity (Wildman–Crippen MR) is 69.3 cm³/mol. The Morgan fingerprint density at radius 1 is 1.53 bits per heavy atom. The summed E-state index contributed by atoms with van der Waals surface area (Å²) in [4.78, 5) is 3.89. The Hall–Kier alpha value is -0.850. The van der Waals surface area contributed by atoms with Gasteiger partial charge in [-0.1, -0.05) is 24.9 Å². The van der Waals surface area contributed by atoms with Crippen LogP contribution in [0.15, 0.2) is 18.3 Å². The van der Waals surface area contributed by atoms with Crippen molar-refractivity contribution in [2.45, 2.75) is 19.8 Å². The van der Waals surface area contributed by atoms with Gasteiger partial charge in [-0.3, -0.25) is 4.72 Å². The van der Waals surface area contributed by atoms with E-state index in [1.807, 2.05) is 6.92 Å². The van der Waals surface area contributed by atoms with Crippen LogP contribution < -0.4 is 4.72 Å². The molecule has 0 aliphatic carbocycles. The molecule has 96 valence electrons. The molecule has 1 aromatic heterocycles. The molecule has 0 saturated carbocycles. The van der Waals surface area contributed by atoms with E-state index in [1.54, 1.807) is 6.07 Å². The van der Waals surface area contributed by atoms with E-state index in [1.165, 1.54) is 23.6 Å². The maximum atomic E-state index is 11.8. The molecule has 1 heterocycles. The monoisotopic (exact) mass is 277 g/mol. The van der Waals surface area contributed by atoms with Crippen LogP contribution >= 0.6 is 11.6 Å². The predicted octanol–water partition coefficient (Wildman–Crippen LogP) is 2.12. The van der Waals surface area contributed by atoms with Gasteiger partial charge in [0.25, 0.3) is 0 Å². The highest BCUT2D eigenvalue weighted by molar-refractivity contribution is 7.90. The van der Waals surface area contributed by atoms with E-state index >= 15 is 0 Å². The molecule has 1 rings (SSSR count). The van der Waals surface area contributed by atoms with Crippen molar-refractivity contribution in [3.8, 4) is 0 Å². The van der Waals surface area contributed by atoms with Crippen LogP contribution in [0.2, 0.25) is 5.02 Å². The second-order valence-electron chi connectivity index (χ2n) is 3.64. The van der Waals surface area contributed by atoms with E-state index in [-0.39, 0.29) is 5.82 Å². The average molecular weight is 278 g/mol. The van der Waals surface area contributed by atoms with Gasteiger partial charge in [-0.2, -0.15) is 12.7 Å². The Bertz CT molecular complexity index is 464. The minimum atomic E-state index is -3.54. The Kier molecular flexibility index (Phi) is 5.17. The maximum absolute atomic E-state index is 11.8. The number of pyridine rings is 1. The van der Waals surface area contributed by atoms with Crippen LogP contribution in [-0.4, -0.2) is 31.3 Å². The molecule has 0 aliphatic rings. The molecule has 0 fully saturated rings. The molecule has 7 heteroatoms. The third-order valence-corrected chi connectivity index (χ3v) is 3.90.